The van der Waals surface area contributed by atoms with Crippen molar-refractivity contribution in [2.24, 2.45) is 5.10 Å². The van der Waals surface area contributed by atoms with E-state index in [0.29, 0.717) is 10.6 Å². The topological polar surface area (TPSA) is 62.1 Å². The molecular weight excluding hydrogens is 308 g/mol. The normalized spacial score (nSPS) is 11.0. The summed E-state index contributed by atoms with van der Waals surface area (Å²) in [5, 5.41) is 11.5. The van der Waals surface area contributed by atoms with E-state index in [1.807, 2.05) is 50.5 Å². The molecule has 0 saturated heterocycles. The van der Waals surface area contributed by atoms with E-state index in [9.17, 15) is 0 Å². The Kier molecular flexibility index (Phi) is 4.29. The molecule has 23 heavy (non-hydrogen) atoms. The molecule has 6 nitrogen and oxygen atoms in total. The van der Waals surface area contributed by atoms with Crippen LogP contribution in [0.1, 0.15) is 5.56 Å². The van der Waals surface area contributed by atoms with E-state index in [1.54, 1.807) is 23.3 Å². The number of pyridine rings is 1. The summed E-state index contributed by atoms with van der Waals surface area (Å²) in [5.41, 5.74) is 3.02. The Labute approximate surface area is 139 Å². The van der Waals surface area contributed by atoms with Gasteiger partial charge in [-0.3, -0.25) is 4.98 Å². The van der Waals surface area contributed by atoms with Crippen LogP contribution >= 0.6 is 12.2 Å². The molecule has 0 aliphatic heterocycles. The fraction of sp³-hybridized carbons (Fsp3) is 0.125. The van der Waals surface area contributed by atoms with Crippen molar-refractivity contribution < 1.29 is 0 Å². The van der Waals surface area contributed by atoms with Crippen LogP contribution in [-0.4, -0.2) is 40.2 Å². The van der Waals surface area contributed by atoms with Crippen molar-refractivity contribution >= 4 is 24.1 Å². The first-order valence-corrected chi connectivity index (χ1v) is 7.45. The molecule has 0 spiro atoms. The van der Waals surface area contributed by atoms with Crippen LogP contribution in [-0.2, 0) is 0 Å². The molecule has 3 rings (SSSR count). The Morgan fingerprint density at radius 3 is 2.48 bits per heavy atom. The fourth-order valence-corrected chi connectivity index (χ4v) is 2.25. The number of anilines is 1. The minimum Gasteiger partial charge on any atom is -0.378 e. The van der Waals surface area contributed by atoms with Crippen molar-refractivity contribution in [3.05, 3.63) is 59.1 Å². The first-order chi connectivity index (χ1) is 11.1. The van der Waals surface area contributed by atoms with Gasteiger partial charge in [0.05, 0.1) is 6.21 Å². The summed E-state index contributed by atoms with van der Waals surface area (Å²) >= 11 is 5.25. The van der Waals surface area contributed by atoms with E-state index in [1.165, 1.54) is 0 Å². The lowest BCUT2D eigenvalue weighted by Gasteiger charge is -2.11. The van der Waals surface area contributed by atoms with Gasteiger partial charge < -0.3 is 4.90 Å². The third kappa shape index (κ3) is 3.35. The van der Waals surface area contributed by atoms with Crippen molar-refractivity contribution in [2.45, 2.75) is 0 Å². The molecule has 0 fully saturated rings. The van der Waals surface area contributed by atoms with Gasteiger partial charge in [-0.1, -0.05) is 12.1 Å². The summed E-state index contributed by atoms with van der Waals surface area (Å²) in [6.45, 7) is 0. The first kappa shape index (κ1) is 15.1. The number of aromatic amines is 1. The molecule has 0 bridgehead atoms. The average molecular weight is 324 g/mol. The highest BCUT2D eigenvalue weighted by molar-refractivity contribution is 7.71. The van der Waals surface area contributed by atoms with Crippen LogP contribution in [0.3, 0.4) is 0 Å². The standard InChI is InChI=1S/C16H16N6S/c1-21(2)14-5-3-12(4-6-14)11-18-22-15(19-20-16(22)23)13-7-9-17-10-8-13/h3-11H,1-2H3,(H,20,23)/b18-11+. The summed E-state index contributed by atoms with van der Waals surface area (Å²) < 4.78 is 2.04. The zero-order chi connectivity index (χ0) is 16.2. The molecule has 0 aliphatic carbocycles. The summed E-state index contributed by atoms with van der Waals surface area (Å²) in [5.74, 6) is 0.651. The van der Waals surface area contributed by atoms with Gasteiger partial charge in [0.25, 0.3) is 0 Å². The van der Waals surface area contributed by atoms with Gasteiger partial charge >= 0.3 is 0 Å². The Morgan fingerprint density at radius 2 is 1.83 bits per heavy atom. The van der Waals surface area contributed by atoms with Gasteiger partial charge in [-0.05, 0) is 42.0 Å². The molecule has 0 unspecified atom stereocenters. The lowest BCUT2D eigenvalue weighted by atomic mass is 10.2. The SMILES string of the molecule is CN(C)c1ccc(/C=N/n2c(-c3ccncc3)n[nH]c2=S)cc1. The third-order valence-electron chi connectivity index (χ3n) is 3.32. The van der Waals surface area contributed by atoms with Gasteiger partial charge in [-0.15, -0.1) is 0 Å². The third-order valence-corrected chi connectivity index (χ3v) is 3.58. The largest absolute Gasteiger partial charge is 0.378 e. The Morgan fingerprint density at radius 1 is 1.13 bits per heavy atom. The number of aromatic nitrogens is 4. The lowest BCUT2D eigenvalue weighted by Crippen LogP contribution is -2.08. The molecule has 2 aromatic heterocycles. The smallest absolute Gasteiger partial charge is 0.216 e. The second-order valence-corrected chi connectivity index (χ2v) is 5.52. The molecule has 0 atom stereocenters. The molecule has 1 N–H and O–H groups in total. The highest BCUT2D eigenvalue weighted by Gasteiger charge is 2.07. The Bertz CT molecular complexity index is 862. The quantitative estimate of drug-likeness (QED) is 0.592. The van der Waals surface area contributed by atoms with Crippen molar-refractivity contribution in [1.29, 1.82) is 0 Å². The molecule has 1 aromatic carbocycles. The number of rotatable bonds is 4. The molecule has 3 aromatic rings. The molecular formula is C16H16N6S. The zero-order valence-electron chi connectivity index (χ0n) is 12.8. The maximum Gasteiger partial charge on any atom is 0.216 e. The molecule has 0 saturated carbocycles. The number of benzene rings is 1. The van der Waals surface area contributed by atoms with Gasteiger partial charge in [-0.25, -0.2) is 5.10 Å². The highest BCUT2D eigenvalue weighted by atomic mass is 32.1. The second-order valence-electron chi connectivity index (χ2n) is 5.13. The number of hydrogen-bond acceptors (Lipinski definition) is 5. The number of nitrogens with zero attached hydrogens (tertiary/aromatic N) is 5. The second kappa shape index (κ2) is 6.53. The van der Waals surface area contributed by atoms with E-state index in [2.05, 4.69) is 25.2 Å². The van der Waals surface area contributed by atoms with Crippen LogP contribution in [0.25, 0.3) is 11.4 Å². The van der Waals surface area contributed by atoms with Crippen molar-refractivity contribution in [1.82, 2.24) is 19.9 Å². The van der Waals surface area contributed by atoms with Crippen molar-refractivity contribution in [3.8, 4) is 11.4 Å². The van der Waals surface area contributed by atoms with Gasteiger partial charge in [-0.2, -0.15) is 14.9 Å². The molecule has 0 radical (unpaired) electrons. The minimum absolute atomic E-state index is 0.443. The molecule has 2 heterocycles. The lowest BCUT2D eigenvalue weighted by molar-refractivity contribution is 0.871. The number of hydrogen-bond donors (Lipinski definition) is 1. The van der Waals surface area contributed by atoms with Gasteiger partial charge in [0.2, 0.25) is 4.77 Å². The van der Waals surface area contributed by atoms with E-state index < -0.39 is 0 Å². The van der Waals surface area contributed by atoms with Gasteiger partial charge in [0.1, 0.15) is 0 Å². The molecule has 116 valence electrons. The van der Waals surface area contributed by atoms with Crippen LogP contribution in [0.15, 0.2) is 53.9 Å². The van der Waals surface area contributed by atoms with Gasteiger partial charge in [0.15, 0.2) is 5.82 Å². The molecule has 7 heteroatoms. The van der Waals surface area contributed by atoms with E-state index >= 15 is 0 Å². The van der Waals surface area contributed by atoms with E-state index in [0.717, 1.165) is 16.8 Å². The maximum atomic E-state index is 5.25. The first-order valence-electron chi connectivity index (χ1n) is 7.05. The minimum atomic E-state index is 0.443. The van der Waals surface area contributed by atoms with Crippen LogP contribution in [0.5, 0.6) is 0 Å². The Balaban J connectivity index is 1.91. The van der Waals surface area contributed by atoms with Crippen molar-refractivity contribution in [2.75, 3.05) is 19.0 Å². The molecule has 0 amide bonds. The van der Waals surface area contributed by atoms with Crippen molar-refractivity contribution in [3.63, 3.8) is 0 Å². The van der Waals surface area contributed by atoms with Gasteiger partial charge in [0, 0.05) is 37.7 Å². The maximum absolute atomic E-state index is 5.25. The Hall–Kier alpha value is -2.80. The summed E-state index contributed by atoms with van der Waals surface area (Å²) in [6.07, 6.45) is 5.18. The van der Waals surface area contributed by atoms with E-state index in [-0.39, 0.29) is 0 Å². The van der Waals surface area contributed by atoms with Crippen LogP contribution < -0.4 is 4.90 Å². The number of nitrogens with one attached hydrogen (secondary N) is 1. The predicted octanol–water partition coefficient (Wildman–Crippen LogP) is 2.95. The zero-order valence-corrected chi connectivity index (χ0v) is 13.7. The summed E-state index contributed by atoms with van der Waals surface area (Å²) in [6, 6.07) is 11.8. The van der Waals surface area contributed by atoms with Crippen LogP contribution in [0.4, 0.5) is 5.69 Å². The monoisotopic (exact) mass is 324 g/mol. The van der Waals surface area contributed by atoms with Crippen LogP contribution in [0, 0.1) is 4.77 Å². The molecule has 0 aliphatic rings. The van der Waals surface area contributed by atoms with E-state index in [4.69, 9.17) is 12.2 Å². The average Bonchev–Trinajstić information content (AvgIpc) is 2.95. The highest BCUT2D eigenvalue weighted by Crippen LogP contribution is 2.16. The summed E-state index contributed by atoms with van der Waals surface area (Å²) in [4.78, 5) is 6.06. The van der Waals surface area contributed by atoms with Crippen LogP contribution in [0.2, 0.25) is 0 Å². The fourth-order valence-electron chi connectivity index (χ4n) is 2.07. The number of H-pyrrole nitrogens is 1. The summed E-state index contributed by atoms with van der Waals surface area (Å²) in [7, 11) is 4.02. The predicted molar refractivity (Wildman–Crippen MR) is 94.4 cm³/mol.